The maximum absolute atomic E-state index is 12.9. The number of methoxy groups -OCH3 is 1. The van der Waals surface area contributed by atoms with Gasteiger partial charge in [-0.05, 0) is 43.5 Å². The van der Waals surface area contributed by atoms with Crippen molar-refractivity contribution in [2.24, 2.45) is 0 Å². The Kier molecular flexibility index (Phi) is 7.31. The van der Waals surface area contributed by atoms with Crippen LogP contribution >= 0.6 is 0 Å². The fourth-order valence-corrected chi connectivity index (χ4v) is 3.98. The number of pyridine rings is 1. The third-order valence-corrected chi connectivity index (χ3v) is 5.90. The number of nitrogens with zero attached hydrogens (tertiary/aromatic N) is 4. The summed E-state index contributed by atoms with van der Waals surface area (Å²) in [4.78, 5) is 28.0. The Morgan fingerprint density at radius 2 is 2.12 bits per heavy atom. The van der Waals surface area contributed by atoms with Crippen LogP contribution in [0.4, 0.5) is 17.3 Å². The zero-order chi connectivity index (χ0) is 23.1. The van der Waals surface area contributed by atoms with Crippen molar-refractivity contribution < 1.29 is 9.53 Å². The van der Waals surface area contributed by atoms with E-state index in [0.29, 0.717) is 23.9 Å². The number of hydrogen-bond acceptors (Lipinski definition) is 8. The van der Waals surface area contributed by atoms with Gasteiger partial charge in [-0.25, -0.2) is 9.97 Å². The predicted octanol–water partition coefficient (Wildman–Crippen LogP) is 2.63. The first-order valence-corrected chi connectivity index (χ1v) is 11.3. The van der Waals surface area contributed by atoms with Gasteiger partial charge in [0.25, 0.3) is 5.91 Å². The molecule has 33 heavy (non-hydrogen) atoms. The van der Waals surface area contributed by atoms with Gasteiger partial charge in [0.2, 0.25) is 5.95 Å². The van der Waals surface area contributed by atoms with E-state index in [9.17, 15) is 4.79 Å². The Hall–Kier alpha value is -3.30. The molecule has 3 heterocycles. The fourth-order valence-electron chi connectivity index (χ4n) is 3.98. The lowest BCUT2D eigenvalue weighted by molar-refractivity contribution is 0.0497. The van der Waals surface area contributed by atoms with Gasteiger partial charge in [-0.2, -0.15) is 0 Å². The minimum Gasteiger partial charge on any atom is -0.374 e. The maximum Gasteiger partial charge on any atom is 0.274 e. The number of rotatable bonds is 8. The molecule has 1 saturated heterocycles. The van der Waals surface area contributed by atoms with E-state index < -0.39 is 0 Å². The lowest BCUT2D eigenvalue weighted by atomic mass is 9.92. The fraction of sp³-hybridized carbons (Fsp3) is 0.417. The van der Waals surface area contributed by atoms with E-state index in [1.54, 1.807) is 31.8 Å². The Morgan fingerprint density at radius 3 is 2.94 bits per heavy atom. The molecule has 4 rings (SSSR count). The summed E-state index contributed by atoms with van der Waals surface area (Å²) in [6.07, 6.45) is 13.1. The van der Waals surface area contributed by atoms with E-state index in [-0.39, 0.29) is 11.5 Å². The average Bonchev–Trinajstić information content (AvgIpc) is 2.85. The third-order valence-electron chi connectivity index (χ3n) is 5.90. The second-order valence-electron chi connectivity index (χ2n) is 8.37. The second-order valence-corrected chi connectivity index (χ2v) is 8.37. The minimum atomic E-state index is -0.293. The summed E-state index contributed by atoms with van der Waals surface area (Å²) in [5.74, 6) is 0.129. The summed E-state index contributed by atoms with van der Waals surface area (Å²) < 4.78 is 5.58. The summed E-state index contributed by atoms with van der Waals surface area (Å²) >= 11 is 0. The molecule has 174 valence electrons. The largest absolute Gasteiger partial charge is 0.374 e. The highest BCUT2D eigenvalue weighted by Crippen LogP contribution is 2.26. The van der Waals surface area contributed by atoms with Gasteiger partial charge >= 0.3 is 0 Å². The van der Waals surface area contributed by atoms with Crippen molar-refractivity contribution in [2.45, 2.75) is 25.4 Å². The van der Waals surface area contributed by atoms with Crippen molar-refractivity contribution in [2.75, 3.05) is 55.4 Å². The minimum absolute atomic E-state index is 0.256. The maximum atomic E-state index is 12.9. The standard InChI is InChI=1S/C24H31N7O2/c1-24(33-2)8-3-4-18(16-24)5-10-27-23-28-11-6-19(30-23)22(32)29-20-17-26-9-7-21(20)31-14-12-25-13-15-31/h3-4,6-7,9,11,16-17,25H,5,8,10,12-15H2,1-2H3,(H,29,32)(H,27,28,30). The Balaban J connectivity index is 1.37. The molecule has 3 N–H and O–H groups in total. The molecule has 1 aliphatic carbocycles. The Labute approximate surface area is 194 Å². The van der Waals surface area contributed by atoms with Gasteiger partial charge in [-0.15, -0.1) is 0 Å². The highest BCUT2D eigenvalue weighted by molar-refractivity contribution is 6.04. The molecular weight excluding hydrogens is 418 g/mol. The van der Waals surface area contributed by atoms with Gasteiger partial charge in [0, 0.05) is 52.2 Å². The van der Waals surface area contributed by atoms with Crippen LogP contribution in [0.2, 0.25) is 0 Å². The van der Waals surface area contributed by atoms with Crippen molar-refractivity contribution in [1.29, 1.82) is 0 Å². The van der Waals surface area contributed by atoms with Gasteiger partial charge in [0.1, 0.15) is 5.69 Å². The van der Waals surface area contributed by atoms with E-state index in [1.807, 2.05) is 6.07 Å². The number of ether oxygens (including phenoxy) is 1. The van der Waals surface area contributed by atoms with E-state index in [1.165, 1.54) is 5.57 Å². The number of carbonyl (C=O) groups excluding carboxylic acids is 1. The second kappa shape index (κ2) is 10.5. The molecule has 1 aliphatic heterocycles. The molecular formula is C24H31N7O2. The molecule has 0 spiro atoms. The molecule has 9 heteroatoms. The summed E-state index contributed by atoms with van der Waals surface area (Å²) in [6.45, 7) is 6.30. The quantitative estimate of drug-likeness (QED) is 0.565. The van der Waals surface area contributed by atoms with Gasteiger partial charge in [-0.3, -0.25) is 9.78 Å². The monoisotopic (exact) mass is 449 g/mol. The number of amides is 1. The summed E-state index contributed by atoms with van der Waals surface area (Å²) in [7, 11) is 1.73. The summed E-state index contributed by atoms with van der Waals surface area (Å²) in [5.41, 5.74) is 2.88. The first kappa shape index (κ1) is 22.9. The van der Waals surface area contributed by atoms with Crippen molar-refractivity contribution in [3.05, 3.63) is 60.2 Å². The molecule has 0 saturated carbocycles. The van der Waals surface area contributed by atoms with Crippen LogP contribution in [-0.4, -0.2) is 66.3 Å². The predicted molar refractivity (Wildman–Crippen MR) is 130 cm³/mol. The molecule has 1 unspecified atom stereocenters. The number of carbonyl (C=O) groups is 1. The van der Waals surface area contributed by atoms with Crippen molar-refractivity contribution in [1.82, 2.24) is 20.3 Å². The van der Waals surface area contributed by atoms with Crippen LogP contribution in [0.25, 0.3) is 0 Å². The van der Waals surface area contributed by atoms with Crippen LogP contribution in [0.1, 0.15) is 30.3 Å². The van der Waals surface area contributed by atoms with E-state index in [0.717, 1.165) is 44.7 Å². The molecule has 0 radical (unpaired) electrons. The average molecular weight is 450 g/mol. The van der Waals surface area contributed by atoms with Crippen LogP contribution in [0, 0.1) is 0 Å². The molecule has 2 aromatic heterocycles. The molecule has 9 nitrogen and oxygen atoms in total. The Bertz CT molecular complexity index is 1030. The van der Waals surface area contributed by atoms with Crippen LogP contribution in [0.15, 0.2) is 54.5 Å². The van der Waals surface area contributed by atoms with Crippen LogP contribution in [0.3, 0.4) is 0 Å². The van der Waals surface area contributed by atoms with E-state index in [2.05, 4.69) is 61.0 Å². The van der Waals surface area contributed by atoms with Gasteiger partial charge in [0.15, 0.2) is 0 Å². The summed E-state index contributed by atoms with van der Waals surface area (Å²) in [6, 6.07) is 3.54. The zero-order valence-corrected chi connectivity index (χ0v) is 19.2. The number of aromatic nitrogens is 3. The van der Waals surface area contributed by atoms with E-state index >= 15 is 0 Å². The number of nitrogens with one attached hydrogen (secondary N) is 3. The van der Waals surface area contributed by atoms with Crippen LogP contribution < -0.4 is 20.9 Å². The molecule has 1 amide bonds. The van der Waals surface area contributed by atoms with Crippen molar-refractivity contribution >= 4 is 23.2 Å². The SMILES string of the molecule is COC1(C)C=C(CCNc2nccc(C(=O)Nc3cnccc3N3CCNCC3)n2)C=CC1. The zero-order valence-electron chi connectivity index (χ0n) is 19.2. The van der Waals surface area contributed by atoms with Crippen LogP contribution in [0.5, 0.6) is 0 Å². The number of hydrogen-bond donors (Lipinski definition) is 3. The molecule has 1 fully saturated rings. The van der Waals surface area contributed by atoms with Gasteiger partial charge in [0.05, 0.1) is 23.2 Å². The first-order valence-electron chi connectivity index (χ1n) is 11.3. The van der Waals surface area contributed by atoms with E-state index in [4.69, 9.17) is 4.74 Å². The van der Waals surface area contributed by atoms with Gasteiger partial charge < -0.3 is 25.6 Å². The third kappa shape index (κ3) is 5.94. The normalized spacial score (nSPS) is 20.3. The molecule has 2 aromatic rings. The van der Waals surface area contributed by atoms with Gasteiger partial charge in [-0.1, -0.05) is 12.2 Å². The van der Waals surface area contributed by atoms with Crippen molar-refractivity contribution in [3.63, 3.8) is 0 Å². The molecule has 0 bridgehead atoms. The molecule has 1 atom stereocenters. The number of piperazine rings is 1. The topological polar surface area (TPSA) is 104 Å². The smallest absolute Gasteiger partial charge is 0.274 e. The summed E-state index contributed by atoms with van der Waals surface area (Å²) in [5, 5.41) is 9.51. The lowest BCUT2D eigenvalue weighted by Gasteiger charge is -2.30. The number of anilines is 3. The van der Waals surface area contributed by atoms with Crippen LogP contribution in [-0.2, 0) is 4.74 Å². The highest BCUT2D eigenvalue weighted by atomic mass is 16.5. The lowest BCUT2D eigenvalue weighted by Crippen LogP contribution is -2.43. The first-order chi connectivity index (χ1) is 16.1. The number of allylic oxidation sites excluding steroid dienone is 1. The van der Waals surface area contributed by atoms with Crippen molar-refractivity contribution in [3.8, 4) is 0 Å². The molecule has 2 aliphatic rings. The Morgan fingerprint density at radius 1 is 1.27 bits per heavy atom. The molecule has 0 aromatic carbocycles. The highest BCUT2D eigenvalue weighted by Gasteiger charge is 2.22.